The third kappa shape index (κ3) is 4.44. The lowest BCUT2D eigenvalue weighted by Gasteiger charge is -2.09. The summed E-state index contributed by atoms with van der Waals surface area (Å²) in [5.41, 5.74) is 5.62. The van der Waals surface area contributed by atoms with Gasteiger partial charge in [0.05, 0.1) is 6.61 Å². The Bertz CT molecular complexity index is 285. The molecule has 0 aliphatic rings. The van der Waals surface area contributed by atoms with E-state index in [1.807, 2.05) is 24.4 Å². The number of nitrogens with two attached hydrogens (primary N) is 1. The number of esters is 1. The number of carbonyl (C=O) groups is 1. The highest BCUT2D eigenvalue weighted by molar-refractivity contribution is 7.09. The molecule has 1 rings (SSSR count). The van der Waals surface area contributed by atoms with E-state index in [2.05, 4.69) is 0 Å². The summed E-state index contributed by atoms with van der Waals surface area (Å²) in [5.74, 6) is -0.284. The zero-order chi connectivity index (χ0) is 11.1. The molecule has 4 heteroatoms. The van der Waals surface area contributed by atoms with Gasteiger partial charge in [-0.2, -0.15) is 0 Å². The van der Waals surface area contributed by atoms with Crippen LogP contribution in [0.1, 0.15) is 24.6 Å². The zero-order valence-corrected chi connectivity index (χ0v) is 9.76. The molecule has 0 unspecified atom stereocenters. The predicted octanol–water partition coefficient (Wildman–Crippen LogP) is 1.96. The molecule has 0 aliphatic heterocycles. The van der Waals surface area contributed by atoms with Crippen molar-refractivity contribution in [2.75, 3.05) is 6.61 Å². The van der Waals surface area contributed by atoms with Crippen molar-refractivity contribution in [2.24, 2.45) is 5.73 Å². The maximum Gasteiger partial charge on any atom is 0.322 e. The molecule has 0 spiro atoms. The predicted molar refractivity (Wildman–Crippen MR) is 61.9 cm³/mol. The maximum atomic E-state index is 11.3. The van der Waals surface area contributed by atoms with Crippen molar-refractivity contribution in [3.8, 4) is 0 Å². The highest BCUT2D eigenvalue weighted by atomic mass is 32.1. The average Bonchev–Trinajstić information content (AvgIpc) is 2.71. The first-order valence-corrected chi connectivity index (χ1v) is 6.06. The van der Waals surface area contributed by atoms with E-state index in [0.29, 0.717) is 13.0 Å². The van der Waals surface area contributed by atoms with Gasteiger partial charge >= 0.3 is 5.97 Å². The van der Waals surface area contributed by atoms with Crippen molar-refractivity contribution in [2.45, 2.75) is 32.2 Å². The van der Waals surface area contributed by atoms with Gasteiger partial charge in [-0.3, -0.25) is 4.79 Å². The van der Waals surface area contributed by atoms with Crippen LogP contribution in [0.5, 0.6) is 0 Å². The molecule has 15 heavy (non-hydrogen) atoms. The van der Waals surface area contributed by atoms with E-state index in [1.54, 1.807) is 11.3 Å². The van der Waals surface area contributed by atoms with E-state index < -0.39 is 6.04 Å². The summed E-state index contributed by atoms with van der Waals surface area (Å²) in [7, 11) is 0. The molecule has 84 valence electrons. The van der Waals surface area contributed by atoms with Gasteiger partial charge in [0, 0.05) is 11.3 Å². The number of hydrogen-bond acceptors (Lipinski definition) is 4. The Balaban J connectivity index is 2.17. The fraction of sp³-hybridized carbons (Fsp3) is 0.545. The quantitative estimate of drug-likeness (QED) is 0.756. The molecule has 3 nitrogen and oxygen atoms in total. The van der Waals surface area contributed by atoms with Crippen molar-refractivity contribution >= 4 is 17.3 Å². The molecule has 0 aromatic carbocycles. The van der Waals surface area contributed by atoms with Crippen molar-refractivity contribution in [1.29, 1.82) is 0 Å². The number of hydrogen-bond donors (Lipinski definition) is 1. The van der Waals surface area contributed by atoms with Crippen LogP contribution in [-0.2, 0) is 16.0 Å². The summed E-state index contributed by atoms with van der Waals surface area (Å²) in [6, 6.07) is 3.56. The van der Waals surface area contributed by atoms with E-state index in [0.717, 1.165) is 12.8 Å². The second-order valence-corrected chi connectivity index (χ2v) is 4.42. The van der Waals surface area contributed by atoms with Crippen LogP contribution in [0, 0.1) is 0 Å². The van der Waals surface area contributed by atoms with Crippen LogP contribution in [-0.4, -0.2) is 18.6 Å². The number of ether oxygens (including phenoxy) is 1. The van der Waals surface area contributed by atoms with E-state index in [1.165, 1.54) is 4.88 Å². The Morgan fingerprint density at radius 1 is 1.67 bits per heavy atom. The summed E-state index contributed by atoms with van der Waals surface area (Å²) >= 11 is 1.67. The summed E-state index contributed by atoms with van der Waals surface area (Å²) in [5, 5.41) is 2.01. The topological polar surface area (TPSA) is 52.3 Å². The molecule has 1 heterocycles. The molecule has 0 aliphatic carbocycles. The SMILES string of the molecule is CCC[C@@H](N)C(=O)OCCc1cccs1. The highest BCUT2D eigenvalue weighted by Gasteiger charge is 2.13. The Kier molecular flexibility index (Phi) is 5.36. The van der Waals surface area contributed by atoms with E-state index in [4.69, 9.17) is 10.5 Å². The van der Waals surface area contributed by atoms with Gasteiger partial charge in [0.25, 0.3) is 0 Å². The Morgan fingerprint density at radius 3 is 3.07 bits per heavy atom. The Morgan fingerprint density at radius 2 is 2.47 bits per heavy atom. The van der Waals surface area contributed by atoms with Crippen LogP contribution < -0.4 is 5.73 Å². The number of thiophene rings is 1. The summed E-state index contributed by atoms with van der Waals surface area (Å²) in [6.07, 6.45) is 2.38. The first-order valence-electron chi connectivity index (χ1n) is 5.18. The molecule has 0 saturated carbocycles. The fourth-order valence-corrected chi connectivity index (χ4v) is 1.93. The van der Waals surface area contributed by atoms with Crippen LogP contribution in [0.2, 0.25) is 0 Å². The third-order valence-corrected chi connectivity index (χ3v) is 3.01. The highest BCUT2D eigenvalue weighted by Crippen LogP contribution is 2.09. The molecule has 1 atom stereocenters. The molecule has 1 aromatic rings. The normalized spacial score (nSPS) is 12.4. The van der Waals surface area contributed by atoms with Crippen LogP contribution in [0.25, 0.3) is 0 Å². The smallest absolute Gasteiger partial charge is 0.322 e. The second-order valence-electron chi connectivity index (χ2n) is 3.39. The van der Waals surface area contributed by atoms with Crippen LogP contribution in [0.15, 0.2) is 17.5 Å². The van der Waals surface area contributed by atoms with Crippen molar-refractivity contribution in [3.05, 3.63) is 22.4 Å². The molecular formula is C11H17NO2S. The van der Waals surface area contributed by atoms with Crippen molar-refractivity contribution < 1.29 is 9.53 Å². The molecule has 1 aromatic heterocycles. The van der Waals surface area contributed by atoms with Crippen LogP contribution in [0.3, 0.4) is 0 Å². The van der Waals surface area contributed by atoms with Crippen molar-refractivity contribution in [3.63, 3.8) is 0 Å². The Hall–Kier alpha value is -0.870. The van der Waals surface area contributed by atoms with Crippen LogP contribution in [0.4, 0.5) is 0 Å². The number of carbonyl (C=O) groups excluding carboxylic acids is 1. The van der Waals surface area contributed by atoms with Gasteiger partial charge < -0.3 is 10.5 Å². The zero-order valence-electron chi connectivity index (χ0n) is 8.94. The largest absolute Gasteiger partial charge is 0.464 e. The summed E-state index contributed by atoms with van der Waals surface area (Å²) in [6.45, 7) is 2.43. The van der Waals surface area contributed by atoms with E-state index >= 15 is 0 Å². The third-order valence-electron chi connectivity index (χ3n) is 2.08. The average molecular weight is 227 g/mol. The van der Waals surface area contributed by atoms with Gasteiger partial charge in [-0.15, -0.1) is 11.3 Å². The van der Waals surface area contributed by atoms with Gasteiger partial charge in [0.15, 0.2) is 0 Å². The molecule has 0 radical (unpaired) electrons. The van der Waals surface area contributed by atoms with Gasteiger partial charge in [-0.25, -0.2) is 0 Å². The minimum absolute atomic E-state index is 0.284. The monoisotopic (exact) mass is 227 g/mol. The maximum absolute atomic E-state index is 11.3. The van der Waals surface area contributed by atoms with Gasteiger partial charge in [0.1, 0.15) is 6.04 Å². The summed E-state index contributed by atoms with van der Waals surface area (Å²) < 4.78 is 5.07. The lowest BCUT2D eigenvalue weighted by molar-refractivity contribution is -0.145. The molecular weight excluding hydrogens is 210 g/mol. The minimum Gasteiger partial charge on any atom is -0.464 e. The summed E-state index contributed by atoms with van der Waals surface area (Å²) in [4.78, 5) is 12.5. The molecule has 0 saturated heterocycles. The molecule has 0 amide bonds. The van der Waals surface area contributed by atoms with Crippen molar-refractivity contribution in [1.82, 2.24) is 0 Å². The standard InChI is InChI=1S/C11H17NO2S/c1-2-4-10(12)11(13)14-7-6-9-5-3-8-15-9/h3,5,8,10H,2,4,6-7,12H2,1H3/t10-/m1/s1. The van der Waals surface area contributed by atoms with E-state index in [9.17, 15) is 4.79 Å². The molecule has 2 N–H and O–H groups in total. The minimum atomic E-state index is -0.460. The molecule has 0 fully saturated rings. The second kappa shape index (κ2) is 6.58. The lowest BCUT2D eigenvalue weighted by Crippen LogP contribution is -2.32. The fourth-order valence-electron chi connectivity index (χ4n) is 1.24. The first-order chi connectivity index (χ1) is 7.24. The lowest BCUT2D eigenvalue weighted by atomic mass is 10.2. The number of rotatable bonds is 6. The first kappa shape index (κ1) is 12.2. The van der Waals surface area contributed by atoms with Crippen LogP contribution >= 0.6 is 11.3 Å². The molecule has 0 bridgehead atoms. The van der Waals surface area contributed by atoms with Gasteiger partial charge in [-0.05, 0) is 17.9 Å². The van der Waals surface area contributed by atoms with E-state index in [-0.39, 0.29) is 5.97 Å². The van der Waals surface area contributed by atoms with Gasteiger partial charge in [-0.1, -0.05) is 19.4 Å². The van der Waals surface area contributed by atoms with Gasteiger partial charge in [0.2, 0.25) is 0 Å². The Labute approximate surface area is 94.2 Å².